The van der Waals surface area contributed by atoms with Gasteiger partial charge >= 0.3 is 6.09 Å². The number of anilines is 1. The van der Waals surface area contributed by atoms with Crippen LogP contribution in [0, 0.1) is 0 Å². The Kier molecular flexibility index (Phi) is 8.23. The van der Waals surface area contributed by atoms with E-state index in [4.69, 9.17) is 4.74 Å². The fourth-order valence-electron chi connectivity index (χ4n) is 3.10. The highest BCUT2D eigenvalue weighted by Gasteiger charge is 2.23. The van der Waals surface area contributed by atoms with Gasteiger partial charge in [-0.2, -0.15) is 0 Å². The number of hydrogen-bond donors (Lipinski definition) is 1. The third-order valence-corrected chi connectivity index (χ3v) is 4.70. The van der Waals surface area contributed by atoms with Crippen molar-refractivity contribution in [1.29, 1.82) is 0 Å². The van der Waals surface area contributed by atoms with Crippen LogP contribution in [0.3, 0.4) is 0 Å². The average molecular weight is 376 g/mol. The first-order chi connectivity index (χ1) is 13.0. The van der Waals surface area contributed by atoms with Gasteiger partial charge in [0.05, 0.1) is 6.61 Å². The van der Waals surface area contributed by atoms with Crippen LogP contribution in [0.25, 0.3) is 0 Å². The number of carbonyl (C=O) groups is 1. The summed E-state index contributed by atoms with van der Waals surface area (Å²) in [5.41, 5.74) is 2.57. The molecule has 1 aliphatic heterocycles. The normalized spacial score (nSPS) is 14.9. The smallest absolute Gasteiger partial charge is 0.409 e. The molecule has 1 N–H and O–H groups in total. The average Bonchev–Trinajstić information content (AvgIpc) is 2.69. The maximum absolute atomic E-state index is 11.8. The number of nitrogens with one attached hydrogen (secondary N) is 1. The molecule has 150 valence electrons. The Hall–Kier alpha value is -2.44. The van der Waals surface area contributed by atoms with Crippen molar-refractivity contribution in [2.24, 2.45) is 4.99 Å². The molecule has 27 heavy (non-hydrogen) atoms. The molecule has 1 aromatic rings. The van der Waals surface area contributed by atoms with Crippen LogP contribution in [0.5, 0.6) is 0 Å². The number of carbonyl (C=O) groups excluding carboxylic acids is 1. The van der Waals surface area contributed by atoms with Crippen molar-refractivity contribution in [3.63, 3.8) is 0 Å². The maximum atomic E-state index is 11.8. The molecule has 1 amide bonds. The molecular weight excluding hydrogens is 342 g/mol. The molecule has 1 fully saturated rings. The third kappa shape index (κ3) is 6.34. The summed E-state index contributed by atoms with van der Waals surface area (Å²) in [5, 5.41) is 3.44. The Bertz CT molecular complexity index is 607. The zero-order valence-corrected chi connectivity index (χ0v) is 17.1. The Morgan fingerprint density at radius 2 is 1.78 bits per heavy atom. The molecule has 1 saturated heterocycles. The number of hydrogen-bond acceptors (Lipinski definition) is 4. The van der Waals surface area contributed by atoms with Gasteiger partial charge in [0.25, 0.3) is 0 Å². The van der Waals surface area contributed by atoms with E-state index in [2.05, 4.69) is 58.5 Å². The van der Waals surface area contributed by atoms with Crippen molar-refractivity contribution in [3.8, 4) is 0 Å². The van der Waals surface area contributed by atoms with Crippen molar-refractivity contribution < 1.29 is 9.53 Å². The highest BCUT2D eigenvalue weighted by molar-refractivity contribution is 5.80. The van der Waals surface area contributed by atoms with Crippen molar-refractivity contribution in [3.05, 3.63) is 29.8 Å². The van der Waals surface area contributed by atoms with Gasteiger partial charge in [-0.1, -0.05) is 12.1 Å². The van der Waals surface area contributed by atoms with Gasteiger partial charge in [0.2, 0.25) is 0 Å². The van der Waals surface area contributed by atoms with Crippen molar-refractivity contribution in [2.45, 2.75) is 19.8 Å². The minimum Gasteiger partial charge on any atom is -0.450 e. The standard InChI is InChI=1S/C20H33N5O2/c1-5-27-20(26)25-15-13-24(14-16-25)19(21-2)22-12-6-7-17-8-10-18(11-9-17)23(3)4/h8-11H,5-7,12-16H2,1-4H3,(H,21,22). The van der Waals surface area contributed by atoms with Crippen LogP contribution in [0.1, 0.15) is 18.9 Å². The topological polar surface area (TPSA) is 60.4 Å². The second-order valence-electron chi connectivity index (χ2n) is 6.81. The fraction of sp³-hybridized carbons (Fsp3) is 0.600. The predicted molar refractivity (Wildman–Crippen MR) is 111 cm³/mol. The summed E-state index contributed by atoms with van der Waals surface area (Å²) in [6, 6.07) is 8.70. The van der Waals surface area contributed by atoms with Gasteiger partial charge in [-0.15, -0.1) is 0 Å². The largest absolute Gasteiger partial charge is 0.450 e. The van der Waals surface area contributed by atoms with E-state index in [-0.39, 0.29) is 6.09 Å². The second-order valence-corrected chi connectivity index (χ2v) is 6.81. The summed E-state index contributed by atoms with van der Waals surface area (Å²) >= 11 is 0. The first kappa shape index (κ1) is 20.9. The minimum atomic E-state index is -0.222. The first-order valence-electron chi connectivity index (χ1n) is 9.68. The summed E-state index contributed by atoms with van der Waals surface area (Å²) in [5.74, 6) is 0.904. The van der Waals surface area contributed by atoms with E-state index < -0.39 is 0 Å². The van der Waals surface area contributed by atoms with E-state index >= 15 is 0 Å². The van der Waals surface area contributed by atoms with Gasteiger partial charge in [-0.3, -0.25) is 4.99 Å². The Morgan fingerprint density at radius 3 is 2.33 bits per heavy atom. The summed E-state index contributed by atoms with van der Waals surface area (Å²) in [7, 11) is 5.91. The summed E-state index contributed by atoms with van der Waals surface area (Å²) in [6.45, 7) is 5.99. The number of guanidine groups is 1. The molecule has 1 aromatic carbocycles. The quantitative estimate of drug-likeness (QED) is 0.468. The summed E-state index contributed by atoms with van der Waals surface area (Å²) < 4.78 is 5.07. The molecule has 0 aromatic heterocycles. The van der Waals surface area contributed by atoms with Crippen LogP contribution in [0.15, 0.2) is 29.3 Å². The highest BCUT2D eigenvalue weighted by atomic mass is 16.6. The predicted octanol–water partition coefficient (Wildman–Crippen LogP) is 2.03. The summed E-state index contributed by atoms with van der Waals surface area (Å²) in [6.07, 6.45) is 1.86. The lowest BCUT2D eigenvalue weighted by Gasteiger charge is -2.35. The number of ether oxygens (including phenoxy) is 1. The molecule has 1 aliphatic rings. The Labute approximate surface area is 163 Å². The van der Waals surface area contributed by atoms with E-state index in [9.17, 15) is 4.79 Å². The third-order valence-electron chi connectivity index (χ3n) is 4.70. The van der Waals surface area contributed by atoms with Gasteiger partial charge < -0.3 is 24.8 Å². The van der Waals surface area contributed by atoms with Gasteiger partial charge in [0, 0.05) is 59.6 Å². The van der Waals surface area contributed by atoms with Crippen LogP contribution in [-0.4, -0.2) is 82.3 Å². The molecule has 0 radical (unpaired) electrons. The van der Waals surface area contributed by atoms with Crippen LogP contribution in [0.4, 0.5) is 10.5 Å². The van der Waals surface area contributed by atoms with Crippen molar-refractivity contribution in [2.75, 3.05) is 65.4 Å². The zero-order chi connectivity index (χ0) is 19.6. The van der Waals surface area contributed by atoms with E-state index in [1.54, 1.807) is 11.9 Å². The Morgan fingerprint density at radius 1 is 1.15 bits per heavy atom. The van der Waals surface area contributed by atoms with Gasteiger partial charge in [-0.05, 0) is 37.5 Å². The lowest BCUT2D eigenvalue weighted by molar-refractivity contribution is 0.0914. The van der Waals surface area contributed by atoms with Crippen LogP contribution < -0.4 is 10.2 Å². The number of benzene rings is 1. The minimum absolute atomic E-state index is 0.222. The maximum Gasteiger partial charge on any atom is 0.409 e. The van der Waals surface area contributed by atoms with E-state index in [1.807, 2.05) is 6.92 Å². The molecule has 7 heteroatoms. The summed E-state index contributed by atoms with van der Waals surface area (Å²) in [4.78, 5) is 22.2. The van der Waals surface area contributed by atoms with E-state index in [1.165, 1.54) is 11.3 Å². The number of aryl methyl sites for hydroxylation is 1. The number of aliphatic imine (C=N–C) groups is 1. The van der Waals surface area contributed by atoms with E-state index in [0.29, 0.717) is 19.7 Å². The monoisotopic (exact) mass is 375 g/mol. The number of amides is 1. The Balaban J connectivity index is 1.71. The lowest BCUT2D eigenvalue weighted by atomic mass is 10.1. The fourth-order valence-corrected chi connectivity index (χ4v) is 3.10. The van der Waals surface area contributed by atoms with Crippen LogP contribution in [0.2, 0.25) is 0 Å². The van der Waals surface area contributed by atoms with Crippen molar-refractivity contribution >= 4 is 17.7 Å². The van der Waals surface area contributed by atoms with Crippen LogP contribution in [-0.2, 0) is 11.2 Å². The molecule has 0 unspecified atom stereocenters. The molecular formula is C20H33N5O2. The van der Waals surface area contributed by atoms with Crippen LogP contribution >= 0.6 is 0 Å². The molecule has 0 spiro atoms. The van der Waals surface area contributed by atoms with Crippen molar-refractivity contribution in [1.82, 2.24) is 15.1 Å². The molecule has 2 rings (SSSR count). The van der Waals surface area contributed by atoms with E-state index in [0.717, 1.165) is 38.4 Å². The second kappa shape index (κ2) is 10.6. The van der Waals surface area contributed by atoms with Gasteiger partial charge in [0.15, 0.2) is 5.96 Å². The first-order valence-corrected chi connectivity index (χ1v) is 9.68. The SMILES string of the molecule is CCOC(=O)N1CCN(C(=NC)NCCCc2ccc(N(C)C)cc2)CC1. The molecule has 0 saturated carbocycles. The zero-order valence-electron chi connectivity index (χ0n) is 17.1. The molecule has 7 nitrogen and oxygen atoms in total. The molecule has 0 aliphatic carbocycles. The molecule has 0 atom stereocenters. The van der Waals surface area contributed by atoms with Gasteiger partial charge in [0.1, 0.15) is 0 Å². The highest BCUT2D eigenvalue weighted by Crippen LogP contribution is 2.13. The number of rotatable bonds is 6. The molecule has 1 heterocycles. The number of piperazine rings is 1. The van der Waals surface area contributed by atoms with Gasteiger partial charge in [-0.25, -0.2) is 4.79 Å². The molecule has 0 bridgehead atoms. The lowest BCUT2D eigenvalue weighted by Crippen LogP contribution is -2.54. The number of nitrogens with zero attached hydrogens (tertiary/aromatic N) is 4.